The third-order valence-corrected chi connectivity index (χ3v) is 6.78. The Morgan fingerprint density at radius 3 is 1.90 bits per heavy atom. The topological polar surface area (TPSA) is 69.6 Å². The molecule has 0 radical (unpaired) electrons. The lowest BCUT2D eigenvalue weighted by Gasteiger charge is -2.50. The van der Waals surface area contributed by atoms with Crippen molar-refractivity contribution >= 4 is 11.9 Å². The first-order valence-corrected chi connectivity index (χ1v) is 10.6. The summed E-state index contributed by atoms with van der Waals surface area (Å²) in [7, 11) is 4.30. The molecule has 1 aliphatic carbocycles. The summed E-state index contributed by atoms with van der Waals surface area (Å²) in [6.45, 7) is 0.535. The molecule has 5 nitrogen and oxygen atoms in total. The third-order valence-electron chi connectivity index (χ3n) is 6.78. The Kier molecular flexibility index (Phi) is 6.93. The highest BCUT2D eigenvalue weighted by Crippen LogP contribution is 2.49. The molecule has 30 heavy (non-hydrogen) atoms. The molecule has 0 heterocycles. The Morgan fingerprint density at radius 1 is 0.867 bits per heavy atom. The molecule has 0 atom stereocenters. The number of carboxylic acids is 1. The van der Waals surface area contributed by atoms with Gasteiger partial charge in [0.25, 0.3) is 0 Å². The molecule has 0 spiro atoms. The van der Waals surface area contributed by atoms with Crippen LogP contribution in [0.4, 0.5) is 0 Å². The van der Waals surface area contributed by atoms with Crippen LogP contribution in [-0.2, 0) is 20.5 Å². The Morgan fingerprint density at radius 2 is 1.40 bits per heavy atom. The standard InChI is InChI=1S/C25H32N2O3/c1-27(2)25(21-11-7-4-8-12-21)17-15-24(16-18-25,20-9-5-3-6-10-20)19-26-22(28)13-14-23(29)30/h3-12H,13-19H2,1-2H3,(H,26,28)(H,29,30). The number of hydrogen-bond donors (Lipinski definition) is 2. The van der Waals surface area contributed by atoms with Crippen molar-refractivity contribution in [2.24, 2.45) is 0 Å². The summed E-state index contributed by atoms with van der Waals surface area (Å²) in [5.41, 5.74) is 2.41. The van der Waals surface area contributed by atoms with Gasteiger partial charge in [0.2, 0.25) is 5.91 Å². The molecular formula is C25H32N2O3. The summed E-state index contributed by atoms with van der Waals surface area (Å²) in [6, 6.07) is 21.1. The summed E-state index contributed by atoms with van der Waals surface area (Å²) in [5.74, 6) is -1.14. The van der Waals surface area contributed by atoms with E-state index in [2.05, 4.69) is 66.8 Å². The van der Waals surface area contributed by atoms with Gasteiger partial charge in [-0.15, -0.1) is 0 Å². The molecule has 160 valence electrons. The van der Waals surface area contributed by atoms with Gasteiger partial charge in [-0.25, -0.2) is 0 Å². The number of nitrogens with zero attached hydrogens (tertiary/aromatic N) is 1. The van der Waals surface area contributed by atoms with Gasteiger partial charge in [0, 0.05) is 23.9 Å². The molecule has 1 amide bonds. The van der Waals surface area contributed by atoms with Crippen molar-refractivity contribution in [3.8, 4) is 0 Å². The maximum absolute atomic E-state index is 12.2. The van der Waals surface area contributed by atoms with E-state index in [0.29, 0.717) is 6.54 Å². The molecule has 5 heteroatoms. The van der Waals surface area contributed by atoms with Crippen LogP contribution in [0, 0.1) is 0 Å². The molecule has 0 unspecified atom stereocenters. The number of benzene rings is 2. The van der Waals surface area contributed by atoms with Gasteiger partial charge in [0.05, 0.1) is 6.42 Å². The predicted molar refractivity (Wildman–Crippen MR) is 118 cm³/mol. The van der Waals surface area contributed by atoms with E-state index in [9.17, 15) is 9.59 Å². The molecule has 0 saturated heterocycles. The third kappa shape index (κ3) is 4.73. The minimum Gasteiger partial charge on any atom is -0.481 e. The number of carbonyl (C=O) groups is 2. The average Bonchev–Trinajstić information content (AvgIpc) is 2.77. The first-order valence-electron chi connectivity index (χ1n) is 10.6. The van der Waals surface area contributed by atoms with Crippen LogP contribution in [0.2, 0.25) is 0 Å². The van der Waals surface area contributed by atoms with Crippen molar-refractivity contribution in [2.45, 2.75) is 49.5 Å². The number of aliphatic carboxylic acids is 1. The maximum Gasteiger partial charge on any atom is 0.303 e. The zero-order chi connectivity index (χ0) is 21.6. The number of amides is 1. The molecule has 0 aromatic heterocycles. The van der Waals surface area contributed by atoms with Crippen LogP contribution in [0.25, 0.3) is 0 Å². The van der Waals surface area contributed by atoms with Gasteiger partial charge in [-0.05, 0) is 50.9 Å². The first-order chi connectivity index (χ1) is 14.4. The zero-order valence-corrected chi connectivity index (χ0v) is 17.9. The average molecular weight is 409 g/mol. The van der Waals surface area contributed by atoms with E-state index in [1.807, 2.05) is 18.2 Å². The van der Waals surface area contributed by atoms with Crippen LogP contribution in [0.1, 0.15) is 49.7 Å². The van der Waals surface area contributed by atoms with Gasteiger partial charge in [0.15, 0.2) is 0 Å². The highest BCUT2D eigenvalue weighted by molar-refractivity contribution is 5.80. The van der Waals surface area contributed by atoms with Crippen molar-refractivity contribution in [3.05, 3.63) is 71.8 Å². The fraction of sp³-hybridized carbons (Fsp3) is 0.440. The Labute approximate surface area is 179 Å². The molecule has 3 rings (SSSR count). The molecule has 1 saturated carbocycles. The number of nitrogens with one attached hydrogen (secondary N) is 1. The van der Waals surface area contributed by atoms with Crippen LogP contribution in [0.5, 0.6) is 0 Å². The molecule has 0 bridgehead atoms. The van der Waals surface area contributed by atoms with Crippen molar-refractivity contribution in [1.29, 1.82) is 0 Å². The minimum atomic E-state index is -0.945. The lowest BCUT2D eigenvalue weighted by molar-refractivity contribution is -0.138. The second kappa shape index (κ2) is 9.43. The van der Waals surface area contributed by atoms with E-state index in [-0.39, 0.29) is 29.7 Å². The summed E-state index contributed by atoms with van der Waals surface area (Å²) >= 11 is 0. The minimum absolute atomic E-state index is 0.0197. The predicted octanol–water partition coefficient (Wildman–Crippen LogP) is 3.94. The van der Waals surface area contributed by atoms with Gasteiger partial charge >= 0.3 is 5.97 Å². The quantitative estimate of drug-likeness (QED) is 0.694. The van der Waals surface area contributed by atoms with Crippen molar-refractivity contribution in [3.63, 3.8) is 0 Å². The Balaban J connectivity index is 1.82. The highest BCUT2D eigenvalue weighted by atomic mass is 16.4. The highest BCUT2D eigenvalue weighted by Gasteiger charge is 2.45. The van der Waals surface area contributed by atoms with E-state index in [4.69, 9.17) is 5.11 Å². The number of carboxylic acid groups (broad SMARTS) is 1. The first kappa shape index (κ1) is 22.0. The number of carbonyl (C=O) groups excluding carboxylic acids is 1. The Hall–Kier alpha value is -2.66. The van der Waals surface area contributed by atoms with Gasteiger partial charge in [-0.1, -0.05) is 60.7 Å². The zero-order valence-electron chi connectivity index (χ0n) is 17.9. The lowest BCUT2D eigenvalue weighted by atomic mass is 9.62. The fourth-order valence-corrected chi connectivity index (χ4v) is 4.82. The van der Waals surface area contributed by atoms with Crippen molar-refractivity contribution in [2.75, 3.05) is 20.6 Å². The van der Waals surface area contributed by atoms with E-state index in [1.165, 1.54) is 11.1 Å². The second-order valence-corrected chi connectivity index (χ2v) is 8.61. The number of hydrogen-bond acceptors (Lipinski definition) is 3. The van der Waals surface area contributed by atoms with Gasteiger partial charge in [0.1, 0.15) is 0 Å². The summed E-state index contributed by atoms with van der Waals surface area (Å²) in [5, 5.41) is 11.9. The Bertz CT molecular complexity index is 841. The van der Waals surface area contributed by atoms with Crippen LogP contribution in [0.15, 0.2) is 60.7 Å². The normalized spacial score (nSPS) is 23.8. The molecule has 2 N–H and O–H groups in total. The van der Waals surface area contributed by atoms with E-state index in [0.717, 1.165) is 25.7 Å². The van der Waals surface area contributed by atoms with Crippen LogP contribution >= 0.6 is 0 Å². The smallest absolute Gasteiger partial charge is 0.303 e. The van der Waals surface area contributed by atoms with E-state index >= 15 is 0 Å². The van der Waals surface area contributed by atoms with Crippen molar-refractivity contribution in [1.82, 2.24) is 10.2 Å². The van der Waals surface area contributed by atoms with Gasteiger partial charge < -0.3 is 10.4 Å². The fourth-order valence-electron chi connectivity index (χ4n) is 4.82. The summed E-state index contributed by atoms with van der Waals surface area (Å²) in [4.78, 5) is 25.4. The largest absolute Gasteiger partial charge is 0.481 e. The van der Waals surface area contributed by atoms with E-state index in [1.54, 1.807) is 0 Å². The molecule has 0 aliphatic heterocycles. The SMILES string of the molecule is CN(C)C1(c2ccccc2)CCC(CNC(=O)CCC(=O)O)(c2ccccc2)CC1. The molecule has 2 aromatic rings. The van der Waals surface area contributed by atoms with Crippen LogP contribution < -0.4 is 5.32 Å². The maximum atomic E-state index is 12.2. The van der Waals surface area contributed by atoms with Gasteiger partial charge in [-0.3, -0.25) is 14.5 Å². The van der Waals surface area contributed by atoms with Crippen LogP contribution in [0.3, 0.4) is 0 Å². The number of rotatable bonds is 8. The molecule has 1 aliphatic rings. The van der Waals surface area contributed by atoms with Crippen LogP contribution in [-0.4, -0.2) is 42.5 Å². The van der Waals surface area contributed by atoms with E-state index < -0.39 is 5.97 Å². The molecule has 2 aromatic carbocycles. The lowest BCUT2D eigenvalue weighted by Crippen LogP contribution is -2.51. The summed E-state index contributed by atoms with van der Waals surface area (Å²) in [6.07, 6.45) is 3.76. The molecular weight excluding hydrogens is 376 g/mol. The van der Waals surface area contributed by atoms with Gasteiger partial charge in [-0.2, -0.15) is 0 Å². The second-order valence-electron chi connectivity index (χ2n) is 8.61. The molecule has 1 fully saturated rings. The monoisotopic (exact) mass is 408 g/mol. The summed E-state index contributed by atoms with van der Waals surface area (Å²) < 4.78 is 0. The van der Waals surface area contributed by atoms with Crippen molar-refractivity contribution < 1.29 is 14.7 Å².